The number of fused-ring (bicyclic) bond motifs is 1. The minimum absolute atomic E-state index is 0. The Balaban J connectivity index is 0.00000385. The number of rotatable bonds is 10. The summed E-state index contributed by atoms with van der Waals surface area (Å²) in [6, 6.07) is 11.8. The summed E-state index contributed by atoms with van der Waals surface area (Å²) in [5.41, 5.74) is 1.24. The second-order valence-corrected chi connectivity index (χ2v) is 10.9. The summed E-state index contributed by atoms with van der Waals surface area (Å²) in [6.07, 6.45) is 0.779. The van der Waals surface area contributed by atoms with Crippen LogP contribution in [-0.2, 0) is 9.84 Å². The average molecular weight is 512 g/mol. The lowest BCUT2D eigenvalue weighted by atomic mass is 10.2. The molecule has 7 nitrogen and oxygen atoms in total. The largest absolute Gasteiger partial charge is 0.494 e. The molecule has 0 aliphatic carbocycles. The molecule has 0 unspecified atom stereocenters. The lowest BCUT2D eigenvalue weighted by Gasteiger charge is -2.21. The van der Waals surface area contributed by atoms with Crippen LogP contribution in [0.25, 0.3) is 10.2 Å². The minimum Gasteiger partial charge on any atom is -0.494 e. The zero-order chi connectivity index (χ0) is 23.3. The molecule has 0 saturated heterocycles. The number of halogens is 1. The maximum atomic E-state index is 13.4. The van der Waals surface area contributed by atoms with Crippen molar-refractivity contribution in [2.45, 2.75) is 25.2 Å². The third-order valence-corrected chi connectivity index (χ3v) is 7.75. The normalized spacial score (nSPS) is 11.4. The van der Waals surface area contributed by atoms with E-state index in [9.17, 15) is 13.2 Å². The summed E-state index contributed by atoms with van der Waals surface area (Å²) in [6.45, 7) is 5.45. The van der Waals surface area contributed by atoms with Crippen molar-refractivity contribution in [2.75, 3.05) is 44.4 Å². The Kier molecular flexibility index (Phi) is 9.66. The van der Waals surface area contributed by atoms with E-state index < -0.39 is 9.84 Å². The number of benzene rings is 2. The number of hydrogen-bond acceptors (Lipinski definition) is 7. The molecule has 3 aromatic rings. The summed E-state index contributed by atoms with van der Waals surface area (Å²) in [5.74, 6) is 0.591. The van der Waals surface area contributed by atoms with Gasteiger partial charge in [-0.3, -0.25) is 9.69 Å². The number of sulfone groups is 1. The van der Waals surface area contributed by atoms with E-state index >= 15 is 0 Å². The van der Waals surface area contributed by atoms with Crippen LogP contribution in [0.5, 0.6) is 5.75 Å². The van der Waals surface area contributed by atoms with Crippen LogP contribution in [0.2, 0.25) is 0 Å². The molecular formula is C23H30ClN3O4S2. The molecule has 0 aliphatic rings. The molecule has 0 aliphatic heterocycles. The zero-order valence-electron chi connectivity index (χ0n) is 19.3. The number of nitrogens with zero attached hydrogens (tertiary/aromatic N) is 3. The highest BCUT2D eigenvalue weighted by Gasteiger charge is 2.22. The van der Waals surface area contributed by atoms with Gasteiger partial charge in [0.05, 0.1) is 27.5 Å². The Morgan fingerprint density at radius 3 is 2.36 bits per heavy atom. The number of carbonyl (C=O) groups excluding carboxylic acids is 1. The van der Waals surface area contributed by atoms with Gasteiger partial charge in [0.1, 0.15) is 5.75 Å². The molecule has 180 valence electrons. The molecule has 0 saturated carbocycles. The van der Waals surface area contributed by atoms with Gasteiger partial charge in [0.15, 0.2) is 15.0 Å². The third kappa shape index (κ3) is 6.66. The predicted octanol–water partition coefficient (Wildman–Crippen LogP) is 4.51. The highest BCUT2D eigenvalue weighted by Crippen LogP contribution is 2.32. The van der Waals surface area contributed by atoms with Gasteiger partial charge in [-0.2, -0.15) is 0 Å². The van der Waals surface area contributed by atoms with Crippen molar-refractivity contribution < 1.29 is 17.9 Å². The van der Waals surface area contributed by atoms with Crippen LogP contribution < -0.4 is 9.64 Å². The summed E-state index contributed by atoms with van der Waals surface area (Å²) < 4.78 is 30.7. The summed E-state index contributed by atoms with van der Waals surface area (Å²) in [4.78, 5) is 22.1. The van der Waals surface area contributed by atoms with Crippen LogP contribution in [0.1, 0.15) is 30.6 Å². The molecule has 0 N–H and O–H groups in total. The van der Waals surface area contributed by atoms with Crippen molar-refractivity contribution in [3.05, 3.63) is 48.0 Å². The van der Waals surface area contributed by atoms with E-state index in [2.05, 4.69) is 9.88 Å². The summed E-state index contributed by atoms with van der Waals surface area (Å²) in [5, 5.41) is 0.614. The van der Waals surface area contributed by atoms with Crippen LogP contribution in [0.4, 0.5) is 5.13 Å². The lowest BCUT2D eigenvalue weighted by molar-refractivity contribution is 0.0986. The minimum atomic E-state index is -3.32. The van der Waals surface area contributed by atoms with Gasteiger partial charge in [-0.1, -0.05) is 18.3 Å². The fourth-order valence-electron chi connectivity index (χ4n) is 3.22. The molecule has 1 amide bonds. The highest BCUT2D eigenvalue weighted by molar-refractivity contribution is 7.91. The smallest absolute Gasteiger partial charge is 0.260 e. The fourth-order valence-corrected chi connectivity index (χ4v) is 5.12. The van der Waals surface area contributed by atoms with E-state index in [1.54, 1.807) is 24.0 Å². The van der Waals surface area contributed by atoms with Crippen molar-refractivity contribution in [1.29, 1.82) is 0 Å². The predicted molar refractivity (Wildman–Crippen MR) is 137 cm³/mol. The summed E-state index contributed by atoms with van der Waals surface area (Å²) >= 11 is 1.44. The van der Waals surface area contributed by atoms with Crippen LogP contribution in [-0.4, -0.2) is 63.8 Å². The Morgan fingerprint density at radius 1 is 1.06 bits per heavy atom. The first kappa shape index (κ1) is 27.0. The Bertz CT molecular complexity index is 1180. The lowest BCUT2D eigenvalue weighted by Crippen LogP contribution is -2.33. The van der Waals surface area contributed by atoms with Gasteiger partial charge in [0.25, 0.3) is 5.91 Å². The first-order valence-electron chi connectivity index (χ1n) is 10.6. The number of aromatic nitrogens is 1. The molecule has 1 aromatic heterocycles. The molecule has 0 fully saturated rings. The van der Waals surface area contributed by atoms with Gasteiger partial charge < -0.3 is 9.64 Å². The number of thiazole rings is 1. The molecule has 2 aromatic carbocycles. The van der Waals surface area contributed by atoms with Crippen molar-refractivity contribution in [1.82, 2.24) is 9.88 Å². The molecular weight excluding hydrogens is 482 g/mol. The molecule has 0 bridgehead atoms. The number of amides is 1. The van der Waals surface area contributed by atoms with Crippen molar-refractivity contribution in [3.63, 3.8) is 0 Å². The Hall–Kier alpha value is -2.20. The number of ether oxygens (including phenoxy) is 1. The van der Waals surface area contributed by atoms with E-state index in [1.807, 2.05) is 39.2 Å². The average Bonchev–Trinajstić information content (AvgIpc) is 3.19. The standard InChI is InChI=1S/C23H29N3O4S2.ClH/c1-5-30-18-10-13-20-21(16-18)31-23(24-20)26(15-7-14-25(3)4)22(27)17-8-11-19(12-9-17)32(28,29)6-2;/h8-13,16H,5-7,14-15H2,1-4H3;1H. The molecule has 10 heteroatoms. The van der Waals surface area contributed by atoms with Crippen LogP contribution >= 0.6 is 23.7 Å². The third-order valence-electron chi connectivity index (χ3n) is 4.96. The second-order valence-electron chi connectivity index (χ2n) is 7.60. The second kappa shape index (κ2) is 11.8. The zero-order valence-corrected chi connectivity index (χ0v) is 21.7. The van der Waals surface area contributed by atoms with Gasteiger partial charge >= 0.3 is 0 Å². The van der Waals surface area contributed by atoms with Gasteiger partial charge in [0, 0.05) is 12.1 Å². The van der Waals surface area contributed by atoms with Crippen molar-refractivity contribution >= 4 is 54.8 Å². The number of anilines is 1. The molecule has 0 spiro atoms. The van der Waals surface area contributed by atoms with Crippen molar-refractivity contribution in [3.8, 4) is 5.75 Å². The monoisotopic (exact) mass is 511 g/mol. The van der Waals surface area contributed by atoms with E-state index in [4.69, 9.17) is 4.74 Å². The molecule has 0 radical (unpaired) electrons. The molecule has 3 rings (SSSR count). The van der Waals surface area contributed by atoms with E-state index in [0.717, 1.165) is 28.9 Å². The maximum absolute atomic E-state index is 13.4. The quantitative estimate of drug-likeness (QED) is 0.398. The van der Waals surface area contributed by atoms with E-state index in [-0.39, 0.29) is 29.0 Å². The van der Waals surface area contributed by atoms with Gasteiger partial charge in [-0.25, -0.2) is 13.4 Å². The molecule has 33 heavy (non-hydrogen) atoms. The molecule has 1 heterocycles. The van der Waals surface area contributed by atoms with Gasteiger partial charge in [-0.15, -0.1) is 12.4 Å². The topological polar surface area (TPSA) is 79.8 Å². The maximum Gasteiger partial charge on any atom is 0.260 e. The van der Waals surface area contributed by atoms with Crippen molar-refractivity contribution in [2.24, 2.45) is 0 Å². The van der Waals surface area contributed by atoms with Gasteiger partial charge in [-0.05, 0) is 76.4 Å². The van der Waals surface area contributed by atoms with Gasteiger partial charge in [0.2, 0.25) is 0 Å². The fraction of sp³-hybridized carbons (Fsp3) is 0.391. The molecule has 0 atom stereocenters. The first-order chi connectivity index (χ1) is 15.2. The summed E-state index contributed by atoms with van der Waals surface area (Å²) in [7, 11) is 0.669. The van der Waals surface area contributed by atoms with Crippen LogP contribution in [0, 0.1) is 0 Å². The highest BCUT2D eigenvalue weighted by atomic mass is 35.5. The Morgan fingerprint density at radius 2 is 1.76 bits per heavy atom. The Labute approximate surface area is 205 Å². The number of carbonyl (C=O) groups is 1. The number of hydrogen-bond donors (Lipinski definition) is 0. The van der Waals surface area contributed by atoms with E-state index in [0.29, 0.717) is 23.8 Å². The van der Waals surface area contributed by atoms with Crippen LogP contribution in [0.3, 0.4) is 0 Å². The first-order valence-corrected chi connectivity index (χ1v) is 13.0. The van der Waals surface area contributed by atoms with Crippen LogP contribution in [0.15, 0.2) is 47.4 Å². The SMILES string of the molecule is CCOc1ccc2nc(N(CCCN(C)C)C(=O)c3ccc(S(=O)(=O)CC)cc3)sc2c1.Cl. The van der Waals surface area contributed by atoms with E-state index in [1.165, 1.54) is 23.5 Å².